The van der Waals surface area contributed by atoms with E-state index in [9.17, 15) is 0 Å². The van der Waals surface area contributed by atoms with Crippen LogP contribution in [0.1, 0.15) is 12.5 Å². The highest BCUT2D eigenvalue weighted by molar-refractivity contribution is 5.30. The first-order valence-electron chi connectivity index (χ1n) is 5.79. The van der Waals surface area contributed by atoms with Gasteiger partial charge in [-0.15, -0.1) is 0 Å². The van der Waals surface area contributed by atoms with E-state index in [4.69, 9.17) is 9.47 Å². The molecular weight excluding hydrogens is 212 g/mol. The molecular formula is C15H14O2. The van der Waals surface area contributed by atoms with E-state index in [1.54, 1.807) is 0 Å². The maximum absolute atomic E-state index is 5.99. The number of benzene rings is 2. The van der Waals surface area contributed by atoms with Crippen LogP contribution in [0.25, 0.3) is 0 Å². The van der Waals surface area contributed by atoms with Gasteiger partial charge in [0.2, 0.25) is 0 Å². The normalized spacial score (nSPS) is 26.5. The summed E-state index contributed by atoms with van der Waals surface area (Å²) in [6, 6.07) is 19.8. The van der Waals surface area contributed by atoms with Gasteiger partial charge in [-0.25, -0.2) is 0 Å². The van der Waals surface area contributed by atoms with E-state index in [-0.39, 0.29) is 6.10 Å². The molecule has 1 aliphatic rings. The molecule has 2 aromatic carbocycles. The molecule has 0 saturated carbocycles. The summed E-state index contributed by atoms with van der Waals surface area (Å²) in [5.74, 6) is 0.239. The van der Waals surface area contributed by atoms with Crippen molar-refractivity contribution in [2.75, 3.05) is 0 Å². The Kier molecular flexibility index (Phi) is 2.37. The highest BCUT2D eigenvalue weighted by atomic mass is 16.8. The third-order valence-electron chi connectivity index (χ3n) is 3.02. The minimum absolute atomic E-state index is 0.0881. The number of hydrogen-bond acceptors (Lipinski definition) is 2. The predicted octanol–water partition coefficient (Wildman–Crippen LogP) is 3.34. The lowest BCUT2D eigenvalue weighted by atomic mass is 10.1. The van der Waals surface area contributed by atoms with E-state index < -0.39 is 5.79 Å². The Balaban J connectivity index is 1.90. The molecule has 0 N–H and O–H groups in total. The molecule has 1 saturated heterocycles. The molecule has 0 aliphatic carbocycles. The maximum Gasteiger partial charge on any atom is 0.264 e. The monoisotopic (exact) mass is 226 g/mol. The minimum Gasteiger partial charge on any atom is -0.455 e. The molecule has 1 fully saturated rings. The second-order valence-corrected chi connectivity index (χ2v) is 4.21. The SMILES string of the molecule is CC1OC1(Oc1ccccc1)c1ccccc1. The summed E-state index contributed by atoms with van der Waals surface area (Å²) in [6.45, 7) is 2.02. The first-order chi connectivity index (χ1) is 8.31. The molecule has 0 aromatic heterocycles. The Morgan fingerprint density at radius 3 is 2.00 bits per heavy atom. The largest absolute Gasteiger partial charge is 0.455 e. The van der Waals surface area contributed by atoms with Gasteiger partial charge in [-0.2, -0.15) is 0 Å². The fourth-order valence-electron chi connectivity index (χ4n) is 2.03. The van der Waals surface area contributed by atoms with Gasteiger partial charge in [-0.1, -0.05) is 48.5 Å². The van der Waals surface area contributed by atoms with Crippen molar-refractivity contribution in [3.8, 4) is 5.75 Å². The molecule has 2 aromatic rings. The van der Waals surface area contributed by atoms with Crippen LogP contribution in [0.3, 0.4) is 0 Å². The first-order valence-corrected chi connectivity index (χ1v) is 5.79. The van der Waals surface area contributed by atoms with E-state index >= 15 is 0 Å². The Morgan fingerprint density at radius 1 is 0.941 bits per heavy atom. The lowest BCUT2D eigenvalue weighted by Gasteiger charge is -2.15. The summed E-state index contributed by atoms with van der Waals surface area (Å²) in [7, 11) is 0. The highest BCUT2D eigenvalue weighted by Gasteiger charge is 2.58. The molecule has 17 heavy (non-hydrogen) atoms. The predicted molar refractivity (Wildman–Crippen MR) is 65.7 cm³/mol. The van der Waals surface area contributed by atoms with Gasteiger partial charge in [0, 0.05) is 5.56 Å². The molecule has 0 bridgehead atoms. The zero-order valence-electron chi connectivity index (χ0n) is 9.67. The van der Waals surface area contributed by atoms with Crippen LogP contribution < -0.4 is 4.74 Å². The summed E-state index contributed by atoms with van der Waals surface area (Å²) < 4.78 is 11.7. The summed E-state index contributed by atoms with van der Waals surface area (Å²) in [5, 5.41) is 0. The molecule has 0 spiro atoms. The first kappa shape index (κ1) is 10.4. The lowest BCUT2D eigenvalue weighted by Crippen LogP contribution is -2.20. The number of epoxide rings is 1. The molecule has 0 amide bonds. The number of hydrogen-bond donors (Lipinski definition) is 0. The zero-order chi connectivity index (χ0) is 11.7. The van der Waals surface area contributed by atoms with Gasteiger partial charge in [0.05, 0.1) is 0 Å². The fraction of sp³-hybridized carbons (Fsp3) is 0.200. The van der Waals surface area contributed by atoms with E-state index in [0.29, 0.717) is 0 Å². The van der Waals surface area contributed by atoms with Crippen LogP contribution in [0.4, 0.5) is 0 Å². The van der Waals surface area contributed by atoms with Crippen molar-refractivity contribution in [1.82, 2.24) is 0 Å². The average molecular weight is 226 g/mol. The Labute approximate surface area is 101 Å². The van der Waals surface area contributed by atoms with Crippen LogP contribution in [-0.4, -0.2) is 6.10 Å². The summed E-state index contributed by atoms with van der Waals surface area (Å²) in [6.07, 6.45) is 0.0881. The van der Waals surface area contributed by atoms with E-state index in [2.05, 4.69) is 0 Å². The summed E-state index contributed by atoms with van der Waals surface area (Å²) in [4.78, 5) is 0. The fourth-order valence-corrected chi connectivity index (χ4v) is 2.03. The molecule has 1 aliphatic heterocycles. The quantitative estimate of drug-likeness (QED) is 0.749. The van der Waals surface area contributed by atoms with Crippen molar-refractivity contribution in [2.45, 2.75) is 18.8 Å². The lowest BCUT2D eigenvalue weighted by molar-refractivity contribution is 0.0596. The van der Waals surface area contributed by atoms with Gasteiger partial charge in [0.25, 0.3) is 5.79 Å². The Hall–Kier alpha value is -1.80. The van der Waals surface area contributed by atoms with Crippen LogP contribution in [0, 0.1) is 0 Å². The Bertz CT molecular complexity index is 495. The van der Waals surface area contributed by atoms with Crippen LogP contribution in [0.15, 0.2) is 60.7 Å². The van der Waals surface area contributed by atoms with Gasteiger partial charge in [0.1, 0.15) is 11.9 Å². The van der Waals surface area contributed by atoms with Crippen molar-refractivity contribution in [1.29, 1.82) is 0 Å². The van der Waals surface area contributed by atoms with Crippen LogP contribution >= 0.6 is 0 Å². The number of ether oxygens (including phenoxy) is 2. The molecule has 2 nitrogen and oxygen atoms in total. The summed E-state index contributed by atoms with van der Waals surface area (Å²) >= 11 is 0. The third kappa shape index (κ3) is 1.81. The summed E-state index contributed by atoms with van der Waals surface area (Å²) in [5.41, 5.74) is 1.07. The molecule has 2 heteroatoms. The van der Waals surface area contributed by atoms with Crippen molar-refractivity contribution in [2.24, 2.45) is 0 Å². The highest BCUT2D eigenvalue weighted by Crippen LogP contribution is 2.47. The molecule has 0 radical (unpaired) electrons. The minimum atomic E-state index is -0.595. The van der Waals surface area contributed by atoms with Gasteiger partial charge in [-0.3, -0.25) is 0 Å². The standard InChI is InChI=1S/C15H14O2/c1-12-15(16-12,13-8-4-2-5-9-13)17-14-10-6-3-7-11-14/h2-12H,1H3. The zero-order valence-corrected chi connectivity index (χ0v) is 9.67. The molecule has 2 unspecified atom stereocenters. The smallest absolute Gasteiger partial charge is 0.264 e. The van der Waals surface area contributed by atoms with Crippen LogP contribution in [0.5, 0.6) is 5.75 Å². The second-order valence-electron chi connectivity index (χ2n) is 4.21. The van der Waals surface area contributed by atoms with E-state index in [0.717, 1.165) is 11.3 Å². The molecule has 2 atom stereocenters. The molecule has 3 rings (SSSR count). The van der Waals surface area contributed by atoms with E-state index in [1.807, 2.05) is 67.6 Å². The topological polar surface area (TPSA) is 21.8 Å². The van der Waals surface area contributed by atoms with Crippen LogP contribution in [0.2, 0.25) is 0 Å². The average Bonchev–Trinajstić information content (AvgIpc) is 3.03. The van der Waals surface area contributed by atoms with Gasteiger partial charge in [-0.05, 0) is 19.1 Å². The molecule has 86 valence electrons. The van der Waals surface area contributed by atoms with E-state index in [1.165, 1.54) is 0 Å². The van der Waals surface area contributed by atoms with Crippen molar-refractivity contribution in [3.63, 3.8) is 0 Å². The van der Waals surface area contributed by atoms with Gasteiger partial charge >= 0.3 is 0 Å². The van der Waals surface area contributed by atoms with Gasteiger partial charge < -0.3 is 9.47 Å². The van der Waals surface area contributed by atoms with Crippen molar-refractivity contribution in [3.05, 3.63) is 66.2 Å². The van der Waals surface area contributed by atoms with Crippen molar-refractivity contribution < 1.29 is 9.47 Å². The van der Waals surface area contributed by atoms with Crippen LogP contribution in [-0.2, 0) is 10.5 Å². The van der Waals surface area contributed by atoms with Crippen molar-refractivity contribution >= 4 is 0 Å². The molecule has 1 heterocycles. The number of rotatable bonds is 3. The Morgan fingerprint density at radius 2 is 1.47 bits per heavy atom. The second kappa shape index (κ2) is 3.90. The number of para-hydroxylation sites is 1. The van der Waals surface area contributed by atoms with Gasteiger partial charge in [0.15, 0.2) is 0 Å². The third-order valence-corrected chi connectivity index (χ3v) is 3.02. The maximum atomic E-state index is 5.99.